The summed E-state index contributed by atoms with van der Waals surface area (Å²) in [6, 6.07) is -0.0172. The van der Waals surface area contributed by atoms with E-state index in [1.165, 1.54) is 25.7 Å². The van der Waals surface area contributed by atoms with Crippen molar-refractivity contribution in [3.05, 3.63) is 0 Å². The highest BCUT2D eigenvalue weighted by atomic mass is 16.2. The number of unbranched alkanes of at least 4 members (excludes halogenated alkanes) is 2. The zero-order chi connectivity index (χ0) is 13.1. The predicted molar refractivity (Wildman–Crippen MR) is 71.7 cm³/mol. The molecule has 1 rings (SSSR count). The molecule has 0 saturated carbocycles. The van der Waals surface area contributed by atoms with Crippen LogP contribution >= 0.6 is 0 Å². The normalized spacial score (nSPS) is 25.7. The molecule has 0 spiro atoms. The lowest BCUT2D eigenvalue weighted by atomic mass is 9.86. The molecule has 2 atom stereocenters. The van der Waals surface area contributed by atoms with Gasteiger partial charge in [0.05, 0.1) is 12.2 Å². The van der Waals surface area contributed by atoms with Crippen LogP contribution in [0.1, 0.15) is 60.3 Å². The first-order valence-corrected chi connectivity index (χ1v) is 6.94. The van der Waals surface area contributed by atoms with Crippen molar-refractivity contribution in [2.45, 2.75) is 72.5 Å². The van der Waals surface area contributed by atoms with Gasteiger partial charge in [0, 0.05) is 6.54 Å². The summed E-state index contributed by atoms with van der Waals surface area (Å²) in [6.07, 6.45) is 5.20. The van der Waals surface area contributed by atoms with E-state index in [2.05, 4.69) is 33.0 Å². The van der Waals surface area contributed by atoms with Gasteiger partial charge in [-0.1, -0.05) is 40.0 Å². The minimum Gasteiger partial charge on any atom is -0.326 e. The Bertz CT molecular complexity index is 263. The van der Waals surface area contributed by atoms with Crippen LogP contribution in [-0.4, -0.2) is 29.6 Å². The summed E-state index contributed by atoms with van der Waals surface area (Å²) in [5.74, 6) is 0.251. The average Bonchev–Trinajstić information content (AvgIpc) is 2.45. The monoisotopic (exact) mass is 240 g/mol. The van der Waals surface area contributed by atoms with Crippen molar-refractivity contribution in [1.82, 2.24) is 10.2 Å². The summed E-state index contributed by atoms with van der Waals surface area (Å²) in [6.45, 7) is 11.7. The van der Waals surface area contributed by atoms with Gasteiger partial charge in [0.15, 0.2) is 0 Å². The second-order valence-electron chi connectivity index (χ2n) is 6.15. The molecule has 3 heteroatoms. The summed E-state index contributed by atoms with van der Waals surface area (Å²) in [5.41, 5.74) is 0.227. The third-order valence-corrected chi connectivity index (χ3v) is 3.67. The zero-order valence-electron chi connectivity index (χ0n) is 12.0. The Kier molecular flexibility index (Phi) is 4.99. The number of nitrogens with zero attached hydrogens (tertiary/aromatic N) is 1. The molecule has 3 nitrogen and oxygen atoms in total. The minimum atomic E-state index is -0.0172. The molecule has 0 bridgehead atoms. The van der Waals surface area contributed by atoms with Gasteiger partial charge in [-0.2, -0.15) is 0 Å². The molecule has 0 aromatic heterocycles. The number of hydrogen-bond acceptors (Lipinski definition) is 2. The summed E-state index contributed by atoms with van der Waals surface area (Å²) in [7, 11) is 0. The quantitative estimate of drug-likeness (QED) is 0.724. The third kappa shape index (κ3) is 3.98. The van der Waals surface area contributed by atoms with Crippen LogP contribution in [0.3, 0.4) is 0 Å². The molecule has 1 fully saturated rings. The van der Waals surface area contributed by atoms with E-state index in [0.717, 1.165) is 6.54 Å². The van der Waals surface area contributed by atoms with Gasteiger partial charge < -0.3 is 4.90 Å². The van der Waals surface area contributed by atoms with E-state index in [9.17, 15) is 4.79 Å². The van der Waals surface area contributed by atoms with Crippen LogP contribution in [0.15, 0.2) is 0 Å². The Balaban J connectivity index is 2.49. The van der Waals surface area contributed by atoms with Gasteiger partial charge in [0.1, 0.15) is 0 Å². The summed E-state index contributed by atoms with van der Waals surface area (Å²) < 4.78 is 0. The molecule has 1 N–H and O–H groups in total. The molecule has 100 valence electrons. The standard InChI is InChI=1S/C14H28N2O/c1-6-7-8-9-14(4,5)10-16-12(3)15-11(2)13(16)17/h11-12,15H,6-10H2,1-5H3. The van der Waals surface area contributed by atoms with Crippen molar-refractivity contribution >= 4 is 5.91 Å². The van der Waals surface area contributed by atoms with E-state index in [1.54, 1.807) is 0 Å². The summed E-state index contributed by atoms with van der Waals surface area (Å²) >= 11 is 0. The molecule has 0 aliphatic carbocycles. The van der Waals surface area contributed by atoms with Gasteiger partial charge in [0.25, 0.3) is 0 Å². The fraction of sp³-hybridized carbons (Fsp3) is 0.929. The van der Waals surface area contributed by atoms with Crippen molar-refractivity contribution < 1.29 is 4.79 Å². The van der Waals surface area contributed by atoms with Gasteiger partial charge in [0.2, 0.25) is 5.91 Å². The Morgan fingerprint density at radius 2 is 1.94 bits per heavy atom. The van der Waals surface area contributed by atoms with Gasteiger partial charge in [-0.15, -0.1) is 0 Å². The van der Waals surface area contributed by atoms with E-state index in [4.69, 9.17) is 0 Å². The molecule has 17 heavy (non-hydrogen) atoms. The Morgan fingerprint density at radius 3 is 2.41 bits per heavy atom. The van der Waals surface area contributed by atoms with Crippen LogP contribution in [-0.2, 0) is 4.79 Å². The fourth-order valence-electron chi connectivity index (χ4n) is 2.57. The second kappa shape index (κ2) is 5.85. The lowest BCUT2D eigenvalue weighted by Gasteiger charge is -2.32. The topological polar surface area (TPSA) is 32.3 Å². The van der Waals surface area contributed by atoms with Crippen molar-refractivity contribution in [3.8, 4) is 0 Å². The third-order valence-electron chi connectivity index (χ3n) is 3.67. The first kappa shape index (κ1) is 14.5. The SMILES string of the molecule is CCCCCC(C)(C)CN1C(=O)C(C)NC1C. The number of carbonyl (C=O) groups excluding carboxylic acids is 1. The predicted octanol–water partition coefficient (Wildman–Crippen LogP) is 2.76. The maximum atomic E-state index is 12.0. The number of nitrogens with one attached hydrogen (secondary N) is 1. The lowest BCUT2D eigenvalue weighted by molar-refractivity contribution is -0.131. The first-order chi connectivity index (χ1) is 7.87. The maximum Gasteiger partial charge on any atom is 0.240 e. The van der Waals surface area contributed by atoms with E-state index in [-0.39, 0.29) is 23.5 Å². The molecule has 0 aromatic rings. The number of hydrogen-bond donors (Lipinski definition) is 1. The Hall–Kier alpha value is -0.570. The zero-order valence-corrected chi connectivity index (χ0v) is 12.0. The molecule has 1 amide bonds. The van der Waals surface area contributed by atoms with Crippen molar-refractivity contribution in [1.29, 1.82) is 0 Å². The van der Waals surface area contributed by atoms with Crippen LogP contribution in [0.2, 0.25) is 0 Å². The first-order valence-electron chi connectivity index (χ1n) is 6.94. The largest absolute Gasteiger partial charge is 0.326 e. The molecule has 2 unspecified atom stereocenters. The van der Waals surface area contributed by atoms with E-state index < -0.39 is 0 Å². The molecule has 1 heterocycles. The van der Waals surface area contributed by atoms with Crippen LogP contribution in [0.5, 0.6) is 0 Å². The smallest absolute Gasteiger partial charge is 0.240 e. The van der Waals surface area contributed by atoms with Crippen LogP contribution in [0, 0.1) is 5.41 Å². The fourth-order valence-corrected chi connectivity index (χ4v) is 2.57. The van der Waals surface area contributed by atoms with Crippen molar-refractivity contribution in [2.24, 2.45) is 5.41 Å². The second-order valence-corrected chi connectivity index (χ2v) is 6.15. The maximum absolute atomic E-state index is 12.0. The average molecular weight is 240 g/mol. The highest BCUT2D eigenvalue weighted by Gasteiger charge is 2.36. The Labute approximate surface area is 106 Å². The summed E-state index contributed by atoms with van der Waals surface area (Å²) in [5, 5.41) is 3.28. The molecule has 1 saturated heterocycles. The molecule has 0 radical (unpaired) electrons. The molecule has 0 aromatic carbocycles. The van der Waals surface area contributed by atoms with Crippen LogP contribution in [0.4, 0.5) is 0 Å². The highest BCUT2D eigenvalue weighted by molar-refractivity contribution is 5.83. The van der Waals surface area contributed by atoms with E-state index in [1.807, 2.05) is 11.8 Å². The van der Waals surface area contributed by atoms with E-state index in [0.29, 0.717) is 0 Å². The number of amides is 1. The molecule has 1 aliphatic heterocycles. The Morgan fingerprint density at radius 1 is 1.29 bits per heavy atom. The molecular weight excluding hydrogens is 212 g/mol. The minimum absolute atomic E-state index is 0.0172. The van der Waals surface area contributed by atoms with Gasteiger partial charge in [-0.25, -0.2) is 0 Å². The van der Waals surface area contributed by atoms with Crippen molar-refractivity contribution in [3.63, 3.8) is 0 Å². The van der Waals surface area contributed by atoms with E-state index >= 15 is 0 Å². The number of carbonyl (C=O) groups is 1. The number of rotatable bonds is 6. The van der Waals surface area contributed by atoms with Crippen molar-refractivity contribution in [2.75, 3.05) is 6.54 Å². The van der Waals surface area contributed by atoms with Gasteiger partial charge in [-0.05, 0) is 25.7 Å². The van der Waals surface area contributed by atoms with Gasteiger partial charge in [-0.3, -0.25) is 10.1 Å². The summed E-state index contributed by atoms with van der Waals surface area (Å²) in [4.78, 5) is 14.0. The van der Waals surface area contributed by atoms with Crippen LogP contribution < -0.4 is 5.32 Å². The molecule has 1 aliphatic rings. The lowest BCUT2D eigenvalue weighted by Crippen LogP contribution is -2.41. The van der Waals surface area contributed by atoms with Crippen LogP contribution in [0.25, 0.3) is 0 Å². The highest BCUT2D eigenvalue weighted by Crippen LogP contribution is 2.27. The van der Waals surface area contributed by atoms with Gasteiger partial charge >= 0.3 is 0 Å². The molecular formula is C14H28N2O.